The van der Waals surface area contributed by atoms with Crippen molar-refractivity contribution in [3.63, 3.8) is 0 Å². The molecule has 1 aliphatic heterocycles. The minimum atomic E-state index is -3.46. The van der Waals surface area contributed by atoms with E-state index >= 15 is 0 Å². The number of rotatable bonds is 5. The van der Waals surface area contributed by atoms with Gasteiger partial charge in [0.1, 0.15) is 6.10 Å². The largest absolute Gasteiger partial charge is 0.376 e. The van der Waals surface area contributed by atoms with E-state index in [4.69, 9.17) is 14.0 Å². The van der Waals surface area contributed by atoms with Crippen LogP contribution in [0.1, 0.15) is 27.2 Å². The van der Waals surface area contributed by atoms with Crippen LogP contribution in [-0.4, -0.2) is 42.6 Å². The molecule has 1 saturated heterocycles. The molecule has 6 heteroatoms. The minimum Gasteiger partial charge on any atom is -0.376 e. The van der Waals surface area contributed by atoms with Gasteiger partial charge in [-0.1, -0.05) is 0 Å². The first-order valence-corrected chi connectivity index (χ1v) is 7.56. The molecule has 5 nitrogen and oxygen atoms in total. The molecule has 1 N–H and O–H groups in total. The Hall–Kier alpha value is 0.0700. The van der Waals surface area contributed by atoms with Crippen LogP contribution in [0.2, 0.25) is 0 Å². The summed E-state index contributed by atoms with van der Waals surface area (Å²) in [5, 5.41) is 0. The SMILES string of the molecule is CC(C)OC[C@H]1O[C@@H](C)C[C@H]1OP(C)(=O)O. The highest BCUT2D eigenvalue weighted by Crippen LogP contribution is 2.42. The predicted molar refractivity (Wildman–Crippen MR) is 60.7 cm³/mol. The second kappa shape index (κ2) is 5.61. The number of ether oxygens (including phenoxy) is 2. The summed E-state index contributed by atoms with van der Waals surface area (Å²) in [7, 11) is -3.46. The number of hydrogen-bond acceptors (Lipinski definition) is 4. The van der Waals surface area contributed by atoms with Crippen molar-refractivity contribution >= 4 is 7.60 Å². The van der Waals surface area contributed by atoms with Crippen LogP contribution in [0.5, 0.6) is 0 Å². The van der Waals surface area contributed by atoms with Crippen LogP contribution in [0, 0.1) is 0 Å². The summed E-state index contributed by atoms with van der Waals surface area (Å²) >= 11 is 0. The Labute approximate surface area is 96.6 Å². The predicted octanol–water partition coefficient (Wildman–Crippen LogP) is 1.79. The van der Waals surface area contributed by atoms with E-state index in [1.54, 1.807) is 0 Å². The van der Waals surface area contributed by atoms with Crippen molar-refractivity contribution in [3.05, 3.63) is 0 Å². The third-order valence-electron chi connectivity index (χ3n) is 2.31. The van der Waals surface area contributed by atoms with Crippen molar-refractivity contribution in [2.45, 2.75) is 51.6 Å². The molecule has 1 fully saturated rings. The van der Waals surface area contributed by atoms with Gasteiger partial charge in [-0.15, -0.1) is 0 Å². The van der Waals surface area contributed by atoms with E-state index in [1.807, 2.05) is 20.8 Å². The molecule has 0 aromatic rings. The van der Waals surface area contributed by atoms with Gasteiger partial charge in [-0.25, -0.2) is 0 Å². The van der Waals surface area contributed by atoms with Gasteiger partial charge in [0.15, 0.2) is 0 Å². The van der Waals surface area contributed by atoms with Crippen LogP contribution in [0.4, 0.5) is 0 Å². The molecule has 1 heterocycles. The molecule has 0 bridgehead atoms. The lowest BCUT2D eigenvalue weighted by Crippen LogP contribution is -2.29. The zero-order chi connectivity index (χ0) is 12.3. The molecule has 0 aromatic heterocycles. The van der Waals surface area contributed by atoms with Gasteiger partial charge in [-0.3, -0.25) is 4.57 Å². The van der Waals surface area contributed by atoms with E-state index < -0.39 is 7.60 Å². The molecule has 0 radical (unpaired) electrons. The van der Waals surface area contributed by atoms with E-state index in [0.29, 0.717) is 13.0 Å². The zero-order valence-corrected chi connectivity index (χ0v) is 11.1. The van der Waals surface area contributed by atoms with Crippen molar-refractivity contribution < 1.29 is 23.5 Å². The molecule has 4 atom stereocenters. The van der Waals surface area contributed by atoms with Gasteiger partial charge in [0.05, 0.1) is 24.9 Å². The van der Waals surface area contributed by atoms with Crippen LogP contribution in [0.25, 0.3) is 0 Å². The Morgan fingerprint density at radius 2 is 2.19 bits per heavy atom. The van der Waals surface area contributed by atoms with Crippen LogP contribution in [0.15, 0.2) is 0 Å². The van der Waals surface area contributed by atoms with Gasteiger partial charge >= 0.3 is 7.60 Å². The maximum Gasteiger partial charge on any atom is 0.325 e. The lowest BCUT2D eigenvalue weighted by molar-refractivity contribution is -0.0517. The molecule has 0 amide bonds. The monoisotopic (exact) mass is 252 g/mol. The van der Waals surface area contributed by atoms with E-state index in [2.05, 4.69) is 0 Å². The fraction of sp³-hybridized carbons (Fsp3) is 1.00. The van der Waals surface area contributed by atoms with E-state index in [1.165, 1.54) is 6.66 Å². The third-order valence-corrected chi connectivity index (χ3v) is 2.97. The van der Waals surface area contributed by atoms with Crippen molar-refractivity contribution in [3.8, 4) is 0 Å². The van der Waals surface area contributed by atoms with Crippen molar-refractivity contribution in [2.24, 2.45) is 0 Å². The Bertz CT molecular complexity index is 262. The van der Waals surface area contributed by atoms with Crippen molar-refractivity contribution in [1.29, 1.82) is 0 Å². The van der Waals surface area contributed by atoms with Gasteiger partial charge in [-0.05, 0) is 20.8 Å². The van der Waals surface area contributed by atoms with Crippen LogP contribution < -0.4 is 0 Å². The Balaban J connectivity index is 2.49. The first-order chi connectivity index (χ1) is 7.28. The summed E-state index contributed by atoms with van der Waals surface area (Å²) in [6.45, 7) is 7.38. The van der Waals surface area contributed by atoms with Gasteiger partial charge in [0.2, 0.25) is 0 Å². The quantitative estimate of drug-likeness (QED) is 0.756. The third kappa shape index (κ3) is 4.93. The highest BCUT2D eigenvalue weighted by molar-refractivity contribution is 7.51. The molecule has 1 unspecified atom stereocenters. The van der Waals surface area contributed by atoms with Gasteiger partial charge in [0, 0.05) is 13.1 Å². The highest BCUT2D eigenvalue weighted by Gasteiger charge is 2.37. The maximum atomic E-state index is 11.2. The Morgan fingerprint density at radius 3 is 2.69 bits per heavy atom. The molecular weight excluding hydrogens is 231 g/mol. The average Bonchev–Trinajstić information content (AvgIpc) is 2.39. The first-order valence-electron chi connectivity index (χ1n) is 5.53. The van der Waals surface area contributed by atoms with Crippen LogP contribution >= 0.6 is 7.60 Å². The fourth-order valence-corrected chi connectivity index (χ4v) is 2.44. The van der Waals surface area contributed by atoms with E-state index in [-0.39, 0.29) is 24.4 Å². The minimum absolute atomic E-state index is 0.0392. The molecule has 1 rings (SSSR count). The van der Waals surface area contributed by atoms with Gasteiger partial charge in [-0.2, -0.15) is 0 Å². The molecule has 0 aromatic carbocycles. The highest BCUT2D eigenvalue weighted by atomic mass is 31.2. The molecule has 1 aliphatic rings. The van der Waals surface area contributed by atoms with Gasteiger partial charge in [0.25, 0.3) is 0 Å². The second-order valence-corrected chi connectivity index (χ2v) is 6.37. The zero-order valence-electron chi connectivity index (χ0n) is 10.3. The molecule has 16 heavy (non-hydrogen) atoms. The lowest BCUT2D eigenvalue weighted by Gasteiger charge is -2.21. The van der Waals surface area contributed by atoms with Crippen LogP contribution in [0.3, 0.4) is 0 Å². The Kier molecular flexibility index (Phi) is 4.95. The molecule has 0 saturated carbocycles. The van der Waals surface area contributed by atoms with E-state index in [9.17, 15) is 9.46 Å². The topological polar surface area (TPSA) is 65.0 Å². The van der Waals surface area contributed by atoms with Gasteiger partial charge < -0.3 is 18.9 Å². The second-order valence-electron chi connectivity index (χ2n) is 4.55. The normalized spacial score (nSPS) is 34.2. The van der Waals surface area contributed by atoms with Crippen molar-refractivity contribution in [2.75, 3.05) is 13.3 Å². The molecule has 0 aliphatic carbocycles. The molecule has 96 valence electrons. The van der Waals surface area contributed by atoms with Crippen molar-refractivity contribution in [1.82, 2.24) is 0 Å². The summed E-state index contributed by atoms with van der Waals surface area (Å²) in [5.74, 6) is 0. The summed E-state index contributed by atoms with van der Waals surface area (Å²) in [5.41, 5.74) is 0. The average molecular weight is 252 g/mol. The summed E-state index contributed by atoms with van der Waals surface area (Å²) < 4.78 is 27.3. The fourth-order valence-electron chi connectivity index (χ4n) is 1.72. The summed E-state index contributed by atoms with van der Waals surface area (Å²) in [6.07, 6.45) is 0.178. The van der Waals surface area contributed by atoms with Crippen LogP contribution in [-0.2, 0) is 18.6 Å². The first kappa shape index (κ1) is 14.1. The smallest absolute Gasteiger partial charge is 0.325 e. The molecular formula is C10H21O5P. The number of hydrogen-bond donors (Lipinski definition) is 1. The lowest BCUT2D eigenvalue weighted by atomic mass is 10.1. The van der Waals surface area contributed by atoms with E-state index in [0.717, 1.165) is 0 Å². The maximum absolute atomic E-state index is 11.2. The standard InChI is InChI=1S/C10H21O5P/c1-7(2)13-6-10-9(5-8(3)14-10)15-16(4,11)12/h7-10H,5-6H2,1-4H3,(H,11,12)/t8-,9+,10+/m0/s1. The molecule has 0 spiro atoms. The summed E-state index contributed by atoms with van der Waals surface area (Å²) in [4.78, 5) is 9.20. The summed E-state index contributed by atoms with van der Waals surface area (Å²) in [6, 6.07) is 0. The Morgan fingerprint density at radius 1 is 1.56 bits per heavy atom.